The van der Waals surface area contributed by atoms with Crippen LogP contribution in [0.15, 0.2) is 6.33 Å². The molecular weight excluding hydrogens is 230 g/mol. The Morgan fingerprint density at radius 1 is 1.61 bits per heavy atom. The lowest BCUT2D eigenvalue weighted by atomic mass is 9.83. The molecule has 0 bridgehead atoms. The summed E-state index contributed by atoms with van der Waals surface area (Å²) in [5.74, 6) is 0.424. The lowest BCUT2D eigenvalue weighted by Crippen LogP contribution is -2.41. The smallest absolute Gasteiger partial charge is 0.241 e. The van der Waals surface area contributed by atoms with E-state index in [0.717, 1.165) is 0 Å². The summed E-state index contributed by atoms with van der Waals surface area (Å²) < 4.78 is 1.75. The molecule has 0 aliphatic rings. The maximum atomic E-state index is 12.2. The third kappa shape index (κ3) is 2.50. The molecule has 1 heterocycles. The van der Waals surface area contributed by atoms with E-state index in [1.807, 2.05) is 27.8 Å². The number of amides is 1. The summed E-state index contributed by atoms with van der Waals surface area (Å²) in [4.78, 5) is 12.2. The van der Waals surface area contributed by atoms with Crippen molar-refractivity contribution in [1.82, 2.24) is 20.1 Å². The highest BCUT2D eigenvalue weighted by atomic mass is 16.2. The van der Waals surface area contributed by atoms with E-state index in [4.69, 9.17) is 0 Å². The highest BCUT2D eigenvalue weighted by Gasteiger charge is 2.36. The number of carbonyl (C=O) groups excluding carboxylic acids is 1. The molecular formula is C12H19N5O. The van der Waals surface area contributed by atoms with Crippen molar-refractivity contribution < 1.29 is 4.79 Å². The van der Waals surface area contributed by atoms with Crippen LogP contribution >= 0.6 is 0 Å². The third-order valence-electron chi connectivity index (χ3n) is 3.34. The van der Waals surface area contributed by atoms with Gasteiger partial charge in [-0.3, -0.25) is 4.79 Å². The molecule has 1 amide bonds. The lowest BCUT2D eigenvalue weighted by molar-refractivity contribution is -0.129. The molecule has 1 unspecified atom stereocenters. The average molecular weight is 249 g/mol. The Hall–Kier alpha value is -1.90. The van der Waals surface area contributed by atoms with Crippen LogP contribution in [0.1, 0.15) is 45.5 Å². The number of aryl methyl sites for hydroxylation is 1. The normalized spacial score (nSPS) is 12.8. The predicted molar refractivity (Wildman–Crippen MR) is 66.2 cm³/mol. The Morgan fingerprint density at radius 3 is 2.61 bits per heavy atom. The van der Waals surface area contributed by atoms with Crippen molar-refractivity contribution in [3.8, 4) is 6.07 Å². The molecule has 98 valence electrons. The number of aromatic nitrogens is 3. The van der Waals surface area contributed by atoms with Crippen molar-refractivity contribution in [2.75, 3.05) is 0 Å². The Balaban J connectivity index is 2.83. The van der Waals surface area contributed by atoms with Gasteiger partial charge in [0.1, 0.15) is 11.7 Å². The minimum atomic E-state index is -0.952. The van der Waals surface area contributed by atoms with Gasteiger partial charge in [-0.2, -0.15) is 5.26 Å². The minimum absolute atomic E-state index is 0.245. The van der Waals surface area contributed by atoms with Crippen LogP contribution in [0, 0.1) is 16.7 Å². The lowest BCUT2D eigenvalue weighted by Gasteiger charge is -2.24. The van der Waals surface area contributed by atoms with Gasteiger partial charge in [0.15, 0.2) is 5.82 Å². The second-order valence-electron chi connectivity index (χ2n) is 4.40. The molecule has 0 saturated carbocycles. The molecule has 1 rings (SSSR count). The molecule has 1 aromatic rings. The summed E-state index contributed by atoms with van der Waals surface area (Å²) in [6.45, 7) is 5.52. The fourth-order valence-corrected chi connectivity index (χ4v) is 1.86. The molecule has 0 saturated heterocycles. The van der Waals surface area contributed by atoms with Gasteiger partial charge in [-0.1, -0.05) is 13.8 Å². The second-order valence-corrected chi connectivity index (χ2v) is 4.40. The van der Waals surface area contributed by atoms with E-state index < -0.39 is 5.41 Å². The van der Waals surface area contributed by atoms with Crippen LogP contribution in [-0.2, 0) is 11.8 Å². The monoisotopic (exact) mass is 249 g/mol. The number of nitrogens with one attached hydrogen (secondary N) is 1. The van der Waals surface area contributed by atoms with E-state index in [-0.39, 0.29) is 11.9 Å². The van der Waals surface area contributed by atoms with Gasteiger partial charge < -0.3 is 9.88 Å². The van der Waals surface area contributed by atoms with E-state index in [0.29, 0.717) is 18.7 Å². The maximum Gasteiger partial charge on any atom is 0.241 e. The van der Waals surface area contributed by atoms with Crippen molar-refractivity contribution in [2.45, 2.75) is 39.7 Å². The number of hydrogen-bond donors (Lipinski definition) is 1. The summed E-state index contributed by atoms with van der Waals surface area (Å²) in [7, 11) is 1.81. The summed E-state index contributed by atoms with van der Waals surface area (Å²) in [6.07, 6.45) is 2.57. The van der Waals surface area contributed by atoms with E-state index >= 15 is 0 Å². The van der Waals surface area contributed by atoms with E-state index in [2.05, 4.69) is 21.6 Å². The Labute approximate surface area is 107 Å². The number of carbonyl (C=O) groups is 1. The topological polar surface area (TPSA) is 83.6 Å². The Bertz CT molecular complexity index is 455. The van der Waals surface area contributed by atoms with Crippen molar-refractivity contribution in [3.63, 3.8) is 0 Å². The minimum Gasteiger partial charge on any atom is -0.345 e. The van der Waals surface area contributed by atoms with Gasteiger partial charge in [0, 0.05) is 7.05 Å². The fourth-order valence-electron chi connectivity index (χ4n) is 1.86. The molecule has 0 aromatic carbocycles. The number of hydrogen-bond acceptors (Lipinski definition) is 4. The van der Waals surface area contributed by atoms with Crippen molar-refractivity contribution in [3.05, 3.63) is 12.2 Å². The predicted octanol–water partition coefficient (Wildman–Crippen LogP) is 1.32. The van der Waals surface area contributed by atoms with Crippen LogP contribution in [0.4, 0.5) is 0 Å². The zero-order chi connectivity index (χ0) is 13.8. The molecule has 1 aromatic heterocycles. The largest absolute Gasteiger partial charge is 0.345 e. The molecule has 0 spiro atoms. The first kappa shape index (κ1) is 14.2. The molecule has 1 N–H and O–H groups in total. The first-order chi connectivity index (χ1) is 8.50. The molecule has 0 aliphatic carbocycles. The van der Waals surface area contributed by atoms with Gasteiger partial charge in [0.25, 0.3) is 0 Å². The van der Waals surface area contributed by atoms with E-state index in [9.17, 15) is 10.1 Å². The molecule has 0 radical (unpaired) electrons. The first-order valence-electron chi connectivity index (χ1n) is 6.06. The van der Waals surface area contributed by atoms with Crippen LogP contribution in [0.2, 0.25) is 0 Å². The number of rotatable bonds is 5. The second kappa shape index (κ2) is 5.63. The molecule has 1 atom stereocenters. The van der Waals surface area contributed by atoms with Crippen LogP contribution in [-0.4, -0.2) is 20.7 Å². The van der Waals surface area contributed by atoms with Crippen LogP contribution in [0.3, 0.4) is 0 Å². The van der Waals surface area contributed by atoms with Crippen molar-refractivity contribution in [2.24, 2.45) is 12.5 Å². The first-order valence-corrected chi connectivity index (χ1v) is 6.06. The van der Waals surface area contributed by atoms with Gasteiger partial charge in [-0.15, -0.1) is 10.2 Å². The Kier molecular flexibility index (Phi) is 4.43. The van der Waals surface area contributed by atoms with Gasteiger partial charge in [-0.05, 0) is 19.8 Å². The molecule has 6 heteroatoms. The van der Waals surface area contributed by atoms with Crippen molar-refractivity contribution in [1.29, 1.82) is 5.26 Å². The van der Waals surface area contributed by atoms with Gasteiger partial charge in [-0.25, -0.2) is 0 Å². The molecule has 18 heavy (non-hydrogen) atoms. The average Bonchev–Trinajstić information content (AvgIpc) is 2.78. The van der Waals surface area contributed by atoms with Crippen LogP contribution in [0.25, 0.3) is 0 Å². The van der Waals surface area contributed by atoms with Gasteiger partial charge >= 0.3 is 0 Å². The van der Waals surface area contributed by atoms with Crippen LogP contribution in [0.5, 0.6) is 0 Å². The molecule has 0 fully saturated rings. The molecule has 6 nitrogen and oxygen atoms in total. The van der Waals surface area contributed by atoms with E-state index in [1.54, 1.807) is 10.9 Å². The summed E-state index contributed by atoms with van der Waals surface area (Å²) >= 11 is 0. The summed E-state index contributed by atoms with van der Waals surface area (Å²) in [5, 5.41) is 19.7. The zero-order valence-electron chi connectivity index (χ0n) is 11.3. The SMILES string of the molecule is CCC(C#N)(CC)C(=O)NC(C)c1nncn1C. The highest BCUT2D eigenvalue weighted by molar-refractivity contribution is 5.85. The number of nitrogens with zero attached hydrogens (tertiary/aromatic N) is 4. The van der Waals surface area contributed by atoms with Crippen molar-refractivity contribution >= 4 is 5.91 Å². The number of nitriles is 1. The Morgan fingerprint density at radius 2 is 2.22 bits per heavy atom. The van der Waals surface area contributed by atoms with Gasteiger partial charge in [0.05, 0.1) is 12.1 Å². The highest BCUT2D eigenvalue weighted by Crippen LogP contribution is 2.26. The quantitative estimate of drug-likeness (QED) is 0.853. The fraction of sp³-hybridized carbons (Fsp3) is 0.667. The van der Waals surface area contributed by atoms with Gasteiger partial charge in [0.2, 0.25) is 5.91 Å². The third-order valence-corrected chi connectivity index (χ3v) is 3.34. The standard InChI is InChI=1S/C12H19N5O/c1-5-12(6-2,7-13)11(18)15-9(3)10-16-14-8-17(10)4/h8-9H,5-6H2,1-4H3,(H,15,18). The molecule has 0 aliphatic heterocycles. The van der Waals surface area contributed by atoms with E-state index in [1.165, 1.54) is 0 Å². The summed E-state index contributed by atoms with van der Waals surface area (Å²) in [6, 6.07) is 1.86. The summed E-state index contributed by atoms with van der Waals surface area (Å²) in [5.41, 5.74) is -0.952. The zero-order valence-corrected chi connectivity index (χ0v) is 11.3. The maximum absolute atomic E-state index is 12.2. The van der Waals surface area contributed by atoms with Crippen LogP contribution < -0.4 is 5.32 Å².